The number of likely N-dealkylation sites (N-methyl/N-ethyl adjacent to an activating group) is 1. The third kappa shape index (κ3) is 4.32. The van der Waals surface area contributed by atoms with Gasteiger partial charge in [0.15, 0.2) is 0 Å². The van der Waals surface area contributed by atoms with E-state index < -0.39 is 6.03 Å². The van der Waals surface area contributed by atoms with Crippen molar-refractivity contribution < 1.29 is 14.3 Å². The van der Waals surface area contributed by atoms with Gasteiger partial charge < -0.3 is 10.1 Å². The molecule has 0 radical (unpaired) electrons. The quantitative estimate of drug-likeness (QED) is 0.726. The van der Waals surface area contributed by atoms with Crippen LogP contribution in [0, 0.1) is 0 Å². The van der Waals surface area contributed by atoms with Crippen molar-refractivity contribution in [3.8, 4) is 0 Å². The van der Waals surface area contributed by atoms with E-state index in [0.29, 0.717) is 6.54 Å². The molecule has 1 aliphatic heterocycles. The number of nitrogens with one attached hydrogen (secondary N) is 2. The van der Waals surface area contributed by atoms with Crippen molar-refractivity contribution in [2.24, 2.45) is 0 Å². The molecular formula is C11H21N3O3. The molecule has 0 aromatic rings. The molecule has 1 aliphatic rings. The number of rotatable bonds is 4. The summed E-state index contributed by atoms with van der Waals surface area (Å²) in [4.78, 5) is 24.6. The zero-order valence-electron chi connectivity index (χ0n) is 10.7. The Bertz CT molecular complexity index is 277. The van der Waals surface area contributed by atoms with Crippen LogP contribution in [0.25, 0.3) is 0 Å². The summed E-state index contributed by atoms with van der Waals surface area (Å²) < 4.78 is 5.50. The van der Waals surface area contributed by atoms with E-state index in [2.05, 4.69) is 10.6 Å². The smallest absolute Gasteiger partial charge is 0.321 e. The van der Waals surface area contributed by atoms with E-state index in [0.717, 1.165) is 19.4 Å². The van der Waals surface area contributed by atoms with E-state index in [-0.39, 0.29) is 18.1 Å². The standard InChI is InChI=1S/C11H21N3O3/c1-8(10(15)13-11(16)12-2)14(3)7-9-5-4-6-17-9/h8-9H,4-7H2,1-3H3,(H2,12,13,15,16). The molecule has 17 heavy (non-hydrogen) atoms. The second kappa shape index (κ2) is 6.56. The molecule has 2 N–H and O–H groups in total. The monoisotopic (exact) mass is 243 g/mol. The predicted octanol–water partition coefficient (Wildman–Crippen LogP) is -0.0587. The van der Waals surface area contributed by atoms with Gasteiger partial charge in [0.2, 0.25) is 5.91 Å². The van der Waals surface area contributed by atoms with E-state index in [1.54, 1.807) is 6.92 Å². The predicted molar refractivity (Wildman–Crippen MR) is 63.7 cm³/mol. The first-order valence-electron chi connectivity index (χ1n) is 5.89. The Morgan fingerprint density at radius 3 is 2.76 bits per heavy atom. The fourth-order valence-electron chi connectivity index (χ4n) is 1.75. The summed E-state index contributed by atoms with van der Waals surface area (Å²) in [5.74, 6) is -0.301. The molecule has 1 heterocycles. The first kappa shape index (κ1) is 13.9. The topological polar surface area (TPSA) is 70.7 Å². The molecular weight excluding hydrogens is 222 g/mol. The van der Waals surface area contributed by atoms with Gasteiger partial charge in [-0.05, 0) is 26.8 Å². The average molecular weight is 243 g/mol. The molecule has 0 aliphatic carbocycles. The van der Waals surface area contributed by atoms with Gasteiger partial charge in [0.1, 0.15) is 0 Å². The Morgan fingerprint density at radius 2 is 2.24 bits per heavy atom. The molecule has 0 saturated carbocycles. The zero-order chi connectivity index (χ0) is 12.8. The molecule has 6 nitrogen and oxygen atoms in total. The lowest BCUT2D eigenvalue weighted by atomic mass is 10.2. The maximum absolute atomic E-state index is 11.7. The number of amides is 3. The molecule has 0 spiro atoms. The summed E-state index contributed by atoms with van der Waals surface area (Å²) >= 11 is 0. The molecule has 0 bridgehead atoms. The van der Waals surface area contributed by atoms with Gasteiger partial charge >= 0.3 is 6.03 Å². The van der Waals surface area contributed by atoms with E-state index in [1.165, 1.54) is 7.05 Å². The maximum Gasteiger partial charge on any atom is 0.321 e. The normalized spacial score (nSPS) is 21.3. The second-order valence-corrected chi connectivity index (χ2v) is 4.32. The Kier molecular flexibility index (Phi) is 5.37. The maximum atomic E-state index is 11.7. The highest BCUT2D eigenvalue weighted by atomic mass is 16.5. The zero-order valence-corrected chi connectivity index (χ0v) is 10.7. The van der Waals surface area contributed by atoms with E-state index in [1.807, 2.05) is 11.9 Å². The summed E-state index contributed by atoms with van der Waals surface area (Å²) in [6.07, 6.45) is 2.32. The fourth-order valence-corrected chi connectivity index (χ4v) is 1.75. The summed E-state index contributed by atoms with van der Waals surface area (Å²) in [5, 5.41) is 4.61. The van der Waals surface area contributed by atoms with Crippen LogP contribution in [-0.2, 0) is 9.53 Å². The van der Waals surface area contributed by atoms with Crippen molar-refractivity contribution in [1.82, 2.24) is 15.5 Å². The van der Waals surface area contributed by atoms with Crippen LogP contribution in [0.15, 0.2) is 0 Å². The Morgan fingerprint density at radius 1 is 1.53 bits per heavy atom. The summed E-state index contributed by atoms with van der Waals surface area (Å²) in [7, 11) is 3.33. The summed E-state index contributed by atoms with van der Waals surface area (Å²) in [5.41, 5.74) is 0. The molecule has 1 rings (SSSR count). The number of urea groups is 1. The van der Waals surface area contributed by atoms with Crippen LogP contribution in [0.4, 0.5) is 4.79 Å². The van der Waals surface area contributed by atoms with Gasteiger partial charge in [-0.3, -0.25) is 15.0 Å². The van der Waals surface area contributed by atoms with Crippen molar-refractivity contribution in [3.63, 3.8) is 0 Å². The highest BCUT2D eigenvalue weighted by Gasteiger charge is 2.24. The van der Waals surface area contributed by atoms with E-state index >= 15 is 0 Å². The fraction of sp³-hybridized carbons (Fsp3) is 0.818. The van der Waals surface area contributed by atoms with Crippen molar-refractivity contribution >= 4 is 11.9 Å². The van der Waals surface area contributed by atoms with Crippen LogP contribution in [0.3, 0.4) is 0 Å². The molecule has 1 fully saturated rings. The van der Waals surface area contributed by atoms with Gasteiger partial charge in [0.25, 0.3) is 0 Å². The van der Waals surface area contributed by atoms with Gasteiger partial charge in [-0.25, -0.2) is 4.79 Å². The Hall–Kier alpha value is -1.14. The lowest BCUT2D eigenvalue weighted by Gasteiger charge is -2.25. The minimum Gasteiger partial charge on any atom is -0.377 e. The minimum absolute atomic E-state index is 0.204. The number of hydrogen-bond donors (Lipinski definition) is 2. The van der Waals surface area contributed by atoms with Crippen molar-refractivity contribution in [2.75, 3.05) is 27.2 Å². The molecule has 3 amide bonds. The van der Waals surface area contributed by atoms with Gasteiger partial charge in [-0.15, -0.1) is 0 Å². The number of carbonyl (C=O) groups excluding carboxylic acids is 2. The second-order valence-electron chi connectivity index (χ2n) is 4.32. The largest absolute Gasteiger partial charge is 0.377 e. The van der Waals surface area contributed by atoms with Crippen LogP contribution >= 0.6 is 0 Å². The highest BCUT2D eigenvalue weighted by Crippen LogP contribution is 2.13. The lowest BCUT2D eigenvalue weighted by Crippen LogP contribution is -2.49. The van der Waals surface area contributed by atoms with Crippen LogP contribution in [-0.4, -0.2) is 56.2 Å². The lowest BCUT2D eigenvalue weighted by molar-refractivity contribution is -0.124. The molecule has 2 unspecified atom stereocenters. The summed E-state index contributed by atoms with van der Waals surface area (Å²) in [6, 6.07) is -0.830. The summed E-state index contributed by atoms with van der Waals surface area (Å²) in [6.45, 7) is 3.28. The van der Waals surface area contributed by atoms with Crippen LogP contribution < -0.4 is 10.6 Å². The molecule has 0 aromatic carbocycles. The van der Waals surface area contributed by atoms with Crippen LogP contribution in [0.1, 0.15) is 19.8 Å². The minimum atomic E-state index is -0.479. The number of imide groups is 1. The van der Waals surface area contributed by atoms with Gasteiger partial charge in [0, 0.05) is 20.2 Å². The van der Waals surface area contributed by atoms with Crippen molar-refractivity contribution in [1.29, 1.82) is 0 Å². The van der Waals surface area contributed by atoms with Crippen molar-refractivity contribution in [2.45, 2.75) is 31.9 Å². The first-order valence-corrected chi connectivity index (χ1v) is 5.89. The van der Waals surface area contributed by atoms with Gasteiger partial charge in [-0.1, -0.05) is 0 Å². The molecule has 0 aromatic heterocycles. The molecule has 98 valence electrons. The SMILES string of the molecule is CNC(=O)NC(=O)C(C)N(C)CC1CCCO1. The number of ether oxygens (including phenoxy) is 1. The van der Waals surface area contributed by atoms with Gasteiger partial charge in [0.05, 0.1) is 12.1 Å². The molecule has 2 atom stereocenters. The average Bonchev–Trinajstić information content (AvgIpc) is 2.80. The van der Waals surface area contributed by atoms with E-state index in [4.69, 9.17) is 4.74 Å². The Labute approximate surface area is 102 Å². The molecule has 6 heteroatoms. The Balaban J connectivity index is 2.36. The van der Waals surface area contributed by atoms with Crippen molar-refractivity contribution in [3.05, 3.63) is 0 Å². The third-order valence-corrected chi connectivity index (χ3v) is 3.02. The van der Waals surface area contributed by atoms with Gasteiger partial charge in [-0.2, -0.15) is 0 Å². The van der Waals surface area contributed by atoms with Crippen LogP contribution in [0.2, 0.25) is 0 Å². The number of nitrogens with zero attached hydrogens (tertiary/aromatic N) is 1. The van der Waals surface area contributed by atoms with E-state index in [9.17, 15) is 9.59 Å². The molecule has 1 saturated heterocycles. The van der Waals surface area contributed by atoms with Crippen LogP contribution in [0.5, 0.6) is 0 Å². The third-order valence-electron chi connectivity index (χ3n) is 3.02. The number of hydrogen-bond acceptors (Lipinski definition) is 4. The first-order chi connectivity index (χ1) is 8.04. The highest BCUT2D eigenvalue weighted by molar-refractivity contribution is 5.96. The number of carbonyl (C=O) groups is 2.